The number of likely N-dealkylation sites (tertiary alicyclic amines) is 1. The van der Waals surface area contributed by atoms with Crippen molar-refractivity contribution < 1.29 is 4.74 Å². The SMILES string of the molecule is COc1ccc(Cl)cc1Nc1ncnc(N(C)C2CCN(C)CC2)c1N. The standard InChI is InChI=1S/C18H25ClN6O/c1-24-8-6-13(7-9-24)25(2)18-16(20)17(21-11-22-18)23-14-10-12(19)4-5-15(14)26-3/h4-5,10-11,13H,6-9,20H2,1-3H3,(H,21,22,23). The summed E-state index contributed by atoms with van der Waals surface area (Å²) < 4.78 is 5.37. The first-order valence-corrected chi connectivity index (χ1v) is 8.99. The van der Waals surface area contributed by atoms with Crippen molar-refractivity contribution in [1.29, 1.82) is 0 Å². The quantitative estimate of drug-likeness (QED) is 0.830. The molecule has 2 aromatic rings. The number of hydrogen-bond donors (Lipinski definition) is 2. The molecule has 3 rings (SSSR count). The van der Waals surface area contributed by atoms with Gasteiger partial charge in [0.25, 0.3) is 0 Å². The molecule has 140 valence electrons. The zero-order valence-corrected chi connectivity index (χ0v) is 16.1. The van der Waals surface area contributed by atoms with Crippen LogP contribution in [0, 0.1) is 0 Å². The average molecular weight is 377 g/mol. The second-order valence-electron chi connectivity index (χ2n) is 6.57. The third-order valence-electron chi connectivity index (χ3n) is 4.85. The number of halogens is 1. The summed E-state index contributed by atoms with van der Waals surface area (Å²) in [5.41, 5.74) is 7.60. The van der Waals surface area contributed by atoms with E-state index in [1.165, 1.54) is 6.33 Å². The minimum absolute atomic E-state index is 0.414. The molecule has 0 spiro atoms. The number of benzene rings is 1. The fourth-order valence-corrected chi connectivity index (χ4v) is 3.40. The number of nitrogens with one attached hydrogen (secondary N) is 1. The second kappa shape index (κ2) is 7.97. The molecule has 0 unspecified atom stereocenters. The van der Waals surface area contributed by atoms with Crippen LogP contribution in [0.1, 0.15) is 12.8 Å². The van der Waals surface area contributed by atoms with Crippen molar-refractivity contribution in [3.63, 3.8) is 0 Å². The third kappa shape index (κ3) is 3.94. The molecule has 1 aliphatic rings. The monoisotopic (exact) mass is 376 g/mol. The Hall–Kier alpha value is -2.25. The second-order valence-corrected chi connectivity index (χ2v) is 7.01. The average Bonchev–Trinajstić information content (AvgIpc) is 2.64. The van der Waals surface area contributed by atoms with Crippen molar-refractivity contribution >= 4 is 34.6 Å². The summed E-state index contributed by atoms with van der Waals surface area (Å²) in [6, 6.07) is 5.77. The molecule has 1 aliphatic heterocycles. The van der Waals surface area contributed by atoms with E-state index in [1.807, 2.05) is 7.05 Å². The van der Waals surface area contributed by atoms with Crippen LogP contribution in [0.25, 0.3) is 0 Å². The number of piperidine rings is 1. The van der Waals surface area contributed by atoms with Crippen LogP contribution < -0.4 is 20.7 Å². The number of nitrogen functional groups attached to an aromatic ring is 1. The number of aromatic nitrogens is 2. The number of anilines is 4. The minimum atomic E-state index is 0.414. The zero-order chi connectivity index (χ0) is 18.7. The van der Waals surface area contributed by atoms with Crippen molar-refractivity contribution in [3.05, 3.63) is 29.5 Å². The highest BCUT2D eigenvalue weighted by atomic mass is 35.5. The fraction of sp³-hybridized carbons (Fsp3) is 0.444. The summed E-state index contributed by atoms with van der Waals surface area (Å²) in [4.78, 5) is 13.2. The van der Waals surface area contributed by atoms with E-state index in [2.05, 4.69) is 32.1 Å². The summed E-state index contributed by atoms with van der Waals surface area (Å²) in [6.07, 6.45) is 3.69. The van der Waals surface area contributed by atoms with Crippen LogP contribution in [0.3, 0.4) is 0 Å². The molecule has 1 saturated heterocycles. The van der Waals surface area contributed by atoms with Crippen LogP contribution in [-0.4, -0.2) is 55.2 Å². The minimum Gasteiger partial charge on any atom is -0.495 e. The van der Waals surface area contributed by atoms with Gasteiger partial charge in [-0.25, -0.2) is 9.97 Å². The molecule has 26 heavy (non-hydrogen) atoms. The topological polar surface area (TPSA) is 79.5 Å². The molecule has 0 atom stereocenters. The Balaban J connectivity index is 1.84. The van der Waals surface area contributed by atoms with Crippen LogP contribution in [-0.2, 0) is 0 Å². The molecule has 2 heterocycles. The lowest BCUT2D eigenvalue weighted by Gasteiger charge is -2.36. The maximum atomic E-state index is 6.38. The maximum Gasteiger partial charge on any atom is 0.159 e. The van der Waals surface area contributed by atoms with Crippen LogP contribution in [0.2, 0.25) is 5.02 Å². The van der Waals surface area contributed by atoms with Gasteiger partial charge in [0.15, 0.2) is 11.6 Å². The van der Waals surface area contributed by atoms with Gasteiger partial charge in [0.05, 0.1) is 12.8 Å². The van der Waals surface area contributed by atoms with E-state index < -0.39 is 0 Å². The highest BCUT2D eigenvalue weighted by Gasteiger charge is 2.24. The van der Waals surface area contributed by atoms with E-state index in [0.717, 1.165) is 31.7 Å². The van der Waals surface area contributed by atoms with E-state index in [-0.39, 0.29) is 0 Å². The van der Waals surface area contributed by atoms with Gasteiger partial charge in [-0.2, -0.15) is 0 Å². The highest BCUT2D eigenvalue weighted by Crippen LogP contribution is 2.34. The number of ether oxygens (including phenoxy) is 1. The summed E-state index contributed by atoms with van der Waals surface area (Å²) >= 11 is 6.10. The Kier molecular flexibility index (Phi) is 5.68. The van der Waals surface area contributed by atoms with Crippen molar-refractivity contribution in [2.24, 2.45) is 0 Å². The van der Waals surface area contributed by atoms with Gasteiger partial charge in [-0.15, -0.1) is 0 Å². The molecule has 0 saturated carbocycles. The normalized spacial score (nSPS) is 15.7. The van der Waals surface area contributed by atoms with Gasteiger partial charge in [0.2, 0.25) is 0 Å². The fourth-order valence-electron chi connectivity index (χ4n) is 3.23. The predicted molar refractivity (Wildman–Crippen MR) is 107 cm³/mol. The van der Waals surface area contributed by atoms with E-state index >= 15 is 0 Å². The molecule has 7 nitrogen and oxygen atoms in total. The molecule has 1 aromatic carbocycles. The molecule has 0 bridgehead atoms. The molecule has 3 N–H and O–H groups in total. The maximum absolute atomic E-state index is 6.38. The number of methoxy groups -OCH3 is 1. The van der Waals surface area contributed by atoms with Gasteiger partial charge in [-0.3, -0.25) is 0 Å². The summed E-state index contributed by atoms with van der Waals surface area (Å²) in [5, 5.41) is 3.82. The summed E-state index contributed by atoms with van der Waals surface area (Å²) in [5.74, 6) is 1.94. The lowest BCUT2D eigenvalue weighted by atomic mass is 10.0. The van der Waals surface area contributed by atoms with Crippen LogP contribution in [0.15, 0.2) is 24.5 Å². The molecule has 1 fully saturated rings. The smallest absolute Gasteiger partial charge is 0.159 e. The Labute approximate surface area is 159 Å². The van der Waals surface area contributed by atoms with Gasteiger partial charge in [-0.05, 0) is 51.2 Å². The van der Waals surface area contributed by atoms with E-state index in [4.69, 9.17) is 22.1 Å². The Morgan fingerprint density at radius 1 is 1.31 bits per heavy atom. The number of rotatable bonds is 5. The molecule has 0 radical (unpaired) electrons. The highest BCUT2D eigenvalue weighted by molar-refractivity contribution is 6.31. The largest absolute Gasteiger partial charge is 0.495 e. The summed E-state index contributed by atoms with van der Waals surface area (Å²) in [6.45, 7) is 2.15. The van der Waals surface area contributed by atoms with E-state index in [1.54, 1.807) is 25.3 Å². The van der Waals surface area contributed by atoms with Gasteiger partial charge in [0, 0.05) is 18.1 Å². The first kappa shape index (κ1) is 18.5. The molecule has 0 amide bonds. The number of nitrogens with two attached hydrogens (primary N) is 1. The third-order valence-corrected chi connectivity index (χ3v) is 5.08. The van der Waals surface area contributed by atoms with Crippen LogP contribution in [0.4, 0.5) is 23.0 Å². The van der Waals surface area contributed by atoms with Crippen molar-refractivity contribution in [2.75, 3.05) is 50.2 Å². The van der Waals surface area contributed by atoms with Crippen LogP contribution >= 0.6 is 11.6 Å². The van der Waals surface area contributed by atoms with Gasteiger partial charge in [-0.1, -0.05) is 11.6 Å². The van der Waals surface area contributed by atoms with E-state index in [9.17, 15) is 0 Å². The number of nitrogens with zero attached hydrogens (tertiary/aromatic N) is 4. The Bertz CT molecular complexity index is 763. The van der Waals surface area contributed by atoms with Gasteiger partial charge >= 0.3 is 0 Å². The lowest BCUT2D eigenvalue weighted by molar-refractivity contribution is 0.252. The molecule has 8 heteroatoms. The first-order chi connectivity index (χ1) is 12.5. The Morgan fingerprint density at radius 3 is 2.73 bits per heavy atom. The molecule has 1 aromatic heterocycles. The Morgan fingerprint density at radius 2 is 2.04 bits per heavy atom. The zero-order valence-electron chi connectivity index (χ0n) is 15.4. The predicted octanol–water partition coefficient (Wildman–Crippen LogP) is 2.99. The first-order valence-electron chi connectivity index (χ1n) is 8.62. The van der Waals surface area contributed by atoms with E-state index in [0.29, 0.717) is 34.0 Å². The lowest BCUT2D eigenvalue weighted by Crippen LogP contribution is -2.42. The molecular weight excluding hydrogens is 352 g/mol. The summed E-state index contributed by atoms with van der Waals surface area (Å²) in [7, 11) is 5.80. The van der Waals surface area contributed by atoms with Gasteiger partial charge in [0.1, 0.15) is 17.8 Å². The van der Waals surface area contributed by atoms with Gasteiger partial charge < -0.3 is 25.6 Å². The molecule has 0 aliphatic carbocycles. The molecular formula is C18H25ClN6O. The number of hydrogen-bond acceptors (Lipinski definition) is 7. The van der Waals surface area contributed by atoms with Crippen molar-refractivity contribution in [1.82, 2.24) is 14.9 Å². The van der Waals surface area contributed by atoms with Crippen LogP contribution in [0.5, 0.6) is 5.75 Å². The van der Waals surface area contributed by atoms with Crippen molar-refractivity contribution in [3.8, 4) is 5.75 Å². The van der Waals surface area contributed by atoms with Crippen molar-refractivity contribution in [2.45, 2.75) is 18.9 Å².